The van der Waals surface area contributed by atoms with Crippen molar-refractivity contribution in [1.29, 1.82) is 0 Å². The lowest BCUT2D eigenvalue weighted by Crippen LogP contribution is -2.56. The van der Waals surface area contributed by atoms with Gasteiger partial charge in [-0.2, -0.15) is 0 Å². The smallest absolute Gasteiger partial charge is 0.0484 e. The summed E-state index contributed by atoms with van der Waals surface area (Å²) in [6.45, 7) is 9.73. The number of nitrogens with two attached hydrogens (primary N) is 1. The highest BCUT2D eigenvalue weighted by Gasteiger charge is 2.41. The van der Waals surface area contributed by atoms with Gasteiger partial charge in [0.05, 0.1) is 0 Å². The van der Waals surface area contributed by atoms with Crippen molar-refractivity contribution in [3.63, 3.8) is 0 Å². The van der Waals surface area contributed by atoms with E-state index in [1.807, 2.05) is 0 Å². The van der Waals surface area contributed by atoms with Crippen molar-refractivity contribution in [3.05, 3.63) is 0 Å². The van der Waals surface area contributed by atoms with Crippen molar-refractivity contribution in [3.8, 4) is 0 Å². The third-order valence-electron chi connectivity index (χ3n) is 4.64. The molecule has 0 aromatic heterocycles. The Hall–Kier alpha value is -0.120. The zero-order valence-electron chi connectivity index (χ0n) is 10.7. The van der Waals surface area contributed by atoms with E-state index < -0.39 is 0 Å². The molecule has 0 bridgehead atoms. The fraction of sp³-hybridized carbons (Fsp3) is 1.00. The molecule has 1 unspecified atom stereocenters. The predicted molar refractivity (Wildman–Crippen MR) is 66.4 cm³/mol. The molecule has 3 heteroatoms. The average molecular weight is 226 g/mol. The number of likely N-dealkylation sites (tertiary alicyclic amines) is 1. The van der Waals surface area contributed by atoms with Crippen LogP contribution in [0, 0.1) is 11.8 Å². The molecule has 2 heterocycles. The molecule has 2 N–H and O–H groups in total. The molecular weight excluding hydrogens is 200 g/mol. The number of hydrogen-bond acceptors (Lipinski definition) is 3. The van der Waals surface area contributed by atoms with Crippen LogP contribution in [-0.2, 0) is 4.74 Å². The van der Waals surface area contributed by atoms with Crippen LogP contribution in [0.2, 0.25) is 0 Å². The molecule has 0 spiro atoms. The Morgan fingerprint density at radius 1 is 1.38 bits per heavy atom. The van der Waals surface area contributed by atoms with E-state index in [2.05, 4.69) is 18.7 Å². The monoisotopic (exact) mass is 226 g/mol. The van der Waals surface area contributed by atoms with Gasteiger partial charge in [-0.15, -0.1) is 0 Å². The molecule has 0 aliphatic carbocycles. The van der Waals surface area contributed by atoms with Gasteiger partial charge in [0.25, 0.3) is 0 Å². The Kier molecular flexibility index (Phi) is 3.88. The molecule has 0 radical (unpaired) electrons. The molecule has 2 fully saturated rings. The Morgan fingerprint density at radius 2 is 2.06 bits per heavy atom. The van der Waals surface area contributed by atoms with E-state index in [0.29, 0.717) is 0 Å². The molecule has 0 aromatic rings. The summed E-state index contributed by atoms with van der Waals surface area (Å²) in [5.74, 6) is 1.67. The normalized spacial score (nSPS) is 31.1. The van der Waals surface area contributed by atoms with Crippen LogP contribution in [0.15, 0.2) is 0 Å². The average Bonchev–Trinajstić information content (AvgIpc) is 2.80. The van der Waals surface area contributed by atoms with E-state index >= 15 is 0 Å². The molecular formula is C13H26N2O. The van der Waals surface area contributed by atoms with Crippen molar-refractivity contribution >= 4 is 0 Å². The second kappa shape index (κ2) is 5.03. The van der Waals surface area contributed by atoms with Crippen molar-refractivity contribution in [2.24, 2.45) is 17.6 Å². The summed E-state index contributed by atoms with van der Waals surface area (Å²) in [4.78, 5) is 2.65. The predicted octanol–water partition coefficient (Wildman–Crippen LogP) is 1.47. The van der Waals surface area contributed by atoms with Crippen LogP contribution in [0.3, 0.4) is 0 Å². The van der Waals surface area contributed by atoms with Crippen LogP contribution in [0.25, 0.3) is 0 Å². The van der Waals surface area contributed by atoms with Crippen molar-refractivity contribution < 1.29 is 4.74 Å². The standard InChI is InChI=1S/C13H26N2O/c1-11(2)12-3-6-15(9-12)13(10-14)4-7-16-8-5-13/h11-12H,3-10,14H2,1-2H3. The first-order chi connectivity index (χ1) is 7.68. The molecule has 2 saturated heterocycles. The number of ether oxygens (including phenoxy) is 1. The highest BCUT2D eigenvalue weighted by Crippen LogP contribution is 2.34. The number of nitrogens with zero attached hydrogens (tertiary/aromatic N) is 1. The van der Waals surface area contributed by atoms with Crippen LogP contribution >= 0.6 is 0 Å². The zero-order valence-corrected chi connectivity index (χ0v) is 10.7. The minimum absolute atomic E-state index is 0.252. The maximum Gasteiger partial charge on any atom is 0.0484 e. The third kappa shape index (κ3) is 2.27. The summed E-state index contributed by atoms with van der Waals surface area (Å²) in [5.41, 5.74) is 6.29. The lowest BCUT2D eigenvalue weighted by molar-refractivity contribution is -0.0163. The summed E-state index contributed by atoms with van der Waals surface area (Å²) >= 11 is 0. The molecule has 16 heavy (non-hydrogen) atoms. The Morgan fingerprint density at radius 3 is 2.56 bits per heavy atom. The molecule has 0 amide bonds. The fourth-order valence-electron chi connectivity index (χ4n) is 3.16. The lowest BCUT2D eigenvalue weighted by atomic mass is 9.88. The second-order valence-corrected chi connectivity index (χ2v) is 5.78. The van der Waals surface area contributed by atoms with Gasteiger partial charge in [0.2, 0.25) is 0 Å². The summed E-state index contributed by atoms with van der Waals surface area (Å²) in [7, 11) is 0. The van der Waals surface area contributed by atoms with Crippen LogP contribution in [0.5, 0.6) is 0 Å². The molecule has 94 valence electrons. The van der Waals surface area contributed by atoms with Gasteiger partial charge in [-0.05, 0) is 37.6 Å². The summed E-state index contributed by atoms with van der Waals surface area (Å²) in [6, 6.07) is 0. The first kappa shape index (κ1) is 12.3. The van der Waals surface area contributed by atoms with E-state index in [9.17, 15) is 0 Å². The summed E-state index contributed by atoms with van der Waals surface area (Å²) < 4.78 is 5.48. The topological polar surface area (TPSA) is 38.5 Å². The SMILES string of the molecule is CC(C)C1CCN(C2(CN)CCOCC2)C1. The fourth-order valence-corrected chi connectivity index (χ4v) is 3.16. The highest BCUT2D eigenvalue weighted by molar-refractivity contribution is 4.97. The number of rotatable bonds is 3. The van der Waals surface area contributed by atoms with Gasteiger partial charge in [-0.3, -0.25) is 4.90 Å². The van der Waals surface area contributed by atoms with Gasteiger partial charge in [0, 0.05) is 31.8 Å². The van der Waals surface area contributed by atoms with Gasteiger partial charge >= 0.3 is 0 Å². The largest absolute Gasteiger partial charge is 0.381 e. The van der Waals surface area contributed by atoms with E-state index in [1.54, 1.807) is 0 Å². The van der Waals surface area contributed by atoms with Gasteiger partial charge in [-0.25, -0.2) is 0 Å². The van der Waals surface area contributed by atoms with Crippen LogP contribution in [0.4, 0.5) is 0 Å². The molecule has 1 atom stereocenters. The molecule has 0 aromatic carbocycles. The van der Waals surface area contributed by atoms with Gasteiger partial charge < -0.3 is 10.5 Å². The first-order valence-corrected chi connectivity index (χ1v) is 6.71. The van der Waals surface area contributed by atoms with E-state index in [0.717, 1.165) is 44.4 Å². The van der Waals surface area contributed by atoms with Crippen LogP contribution in [0.1, 0.15) is 33.1 Å². The third-order valence-corrected chi connectivity index (χ3v) is 4.64. The zero-order chi connectivity index (χ0) is 11.6. The van der Waals surface area contributed by atoms with Gasteiger partial charge in [0.15, 0.2) is 0 Å². The van der Waals surface area contributed by atoms with E-state index in [-0.39, 0.29) is 5.54 Å². The quantitative estimate of drug-likeness (QED) is 0.792. The Bertz CT molecular complexity index is 224. The van der Waals surface area contributed by atoms with Crippen molar-refractivity contribution in [1.82, 2.24) is 4.90 Å². The van der Waals surface area contributed by atoms with E-state index in [1.165, 1.54) is 19.5 Å². The minimum atomic E-state index is 0.252. The summed E-state index contributed by atoms with van der Waals surface area (Å²) in [6.07, 6.45) is 3.59. The molecule has 3 nitrogen and oxygen atoms in total. The van der Waals surface area contributed by atoms with Crippen molar-refractivity contribution in [2.45, 2.75) is 38.6 Å². The lowest BCUT2D eigenvalue weighted by Gasteiger charge is -2.44. The van der Waals surface area contributed by atoms with Crippen molar-refractivity contribution in [2.75, 3.05) is 32.8 Å². The highest BCUT2D eigenvalue weighted by atomic mass is 16.5. The minimum Gasteiger partial charge on any atom is -0.381 e. The summed E-state index contributed by atoms with van der Waals surface area (Å²) in [5, 5.41) is 0. The van der Waals surface area contributed by atoms with E-state index in [4.69, 9.17) is 10.5 Å². The molecule has 2 aliphatic rings. The Balaban J connectivity index is 2.00. The van der Waals surface area contributed by atoms with Gasteiger partial charge in [-0.1, -0.05) is 13.8 Å². The van der Waals surface area contributed by atoms with Crippen LogP contribution in [-0.4, -0.2) is 43.3 Å². The van der Waals surface area contributed by atoms with Crippen LogP contribution < -0.4 is 5.73 Å². The maximum atomic E-state index is 6.04. The first-order valence-electron chi connectivity index (χ1n) is 6.71. The molecule has 2 rings (SSSR count). The molecule has 0 saturated carbocycles. The number of hydrogen-bond donors (Lipinski definition) is 1. The van der Waals surface area contributed by atoms with Gasteiger partial charge in [0.1, 0.15) is 0 Å². The maximum absolute atomic E-state index is 6.04. The second-order valence-electron chi connectivity index (χ2n) is 5.78. The Labute approximate surface area is 99.3 Å². The molecule has 2 aliphatic heterocycles.